The Bertz CT molecular complexity index is 1120. The molecule has 6 rings (SSSR count). The van der Waals surface area contributed by atoms with E-state index in [2.05, 4.69) is 44.4 Å². The SMILES string of the molecule is O=C1N2C(CC[C@H]2c2cnccn2)OC12CC(OCc1cccc(CCn3cnnc3)c1)C2. The van der Waals surface area contributed by atoms with E-state index in [1.54, 1.807) is 31.2 Å². The minimum Gasteiger partial charge on any atom is -0.373 e. The average molecular weight is 447 g/mol. The van der Waals surface area contributed by atoms with Crippen LogP contribution in [0.3, 0.4) is 0 Å². The number of amides is 1. The van der Waals surface area contributed by atoms with E-state index < -0.39 is 5.60 Å². The summed E-state index contributed by atoms with van der Waals surface area (Å²) in [4.78, 5) is 23.8. The fraction of sp³-hybridized carbons (Fsp3) is 0.458. The predicted molar refractivity (Wildman–Crippen MR) is 116 cm³/mol. The molecule has 3 aliphatic rings. The molecule has 2 saturated heterocycles. The van der Waals surface area contributed by atoms with Gasteiger partial charge in [-0.05, 0) is 30.4 Å². The summed E-state index contributed by atoms with van der Waals surface area (Å²) < 4.78 is 14.4. The highest BCUT2D eigenvalue weighted by Gasteiger charge is 2.63. The van der Waals surface area contributed by atoms with Crippen molar-refractivity contribution in [2.45, 2.75) is 69.2 Å². The lowest BCUT2D eigenvalue weighted by atomic mass is 9.76. The van der Waals surface area contributed by atoms with Crippen LogP contribution in [0.1, 0.15) is 48.5 Å². The van der Waals surface area contributed by atoms with Crippen molar-refractivity contribution >= 4 is 5.91 Å². The van der Waals surface area contributed by atoms with Gasteiger partial charge in [-0.3, -0.25) is 14.8 Å². The molecule has 3 aromatic rings. The van der Waals surface area contributed by atoms with E-state index in [0.29, 0.717) is 19.4 Å². The van der Waals surface area contributed by atoms with E-state index in [1.165, 1.54) is 5.56 Å². The van der Waals surface area contributed by atoms with Gasteiger partial charge in [0.15, 0.2) is 5.60 Å². The van der Waals surface area contributed by atoms with Crippen molar-refractivity contribution in [3.63, 3.8) is 0 Å². The molecule has 4 heterocycles. The Labute approximate surface area is 191 Å². The molecule has 1 aromatic carbocycles. The van der Waals surface area contributed by atoms with Gasteiger partial charge >= 0.3 is 0 Å². The smallest absolute Gasteiger partial charge is 0.257 e. The minimum atomic E-state index is -0.725. The lowest BCUT2D eigenvalue weighted by molar-refractivity contribution is -0.177. The first kappa shape index (κ1) is 20.4. The zero-order valence-corrected chi connectivity index (χ0v) is 18.3. The number of nitrogens with zero attached hydrogens (tertiary/aromatic N) is 6. The van der Waals surface area contributed by atoms with Crippen LogP contribution in [-0.4, -0.2) is 53.5 Å². The van der Waals surface area contributed by atoms with Gasteiger partial charge in [0.25, 0.3) is 5.91 Å². The highest BCUT2D eigenvalue weighted by molar-refractivity contribution is 5.89. The Morgan fingerprint density at radius 3 is 2.79 bits per heavy atom. The van der Waals surface area contributed by atoms with Gasteiger partial charge in [0.05, 0.1) is 30.6 Å². The molecule has 1 spiro atoms. The molecular weight excluding hydrogens is 420 g/mol. The Morgan fingerprint density at radius 1 is 1.12 bits per heavy atom. The Hall–Kier alpha value is -3.17. The molecule has 2 aromatic heterocycles. The van der Waals surface area contributed by atoms with Crippen molar-refractivity contribution in [1.29, 1.82) is 0 Å². The van der Waals surface area contributed by atoms with Crippen LogP contribution in [0, 0.1) is 0 Å². The number of benzene rings is 1. The molecule has 1 unspecified atom stereocenters. The van der Waals surface area contributed by atoms with Crippen molar-refractivity contribution in [2.24, 2.45) is 0 Å². The van der Waals surface area contributed by atoms with Crippen molar-refractivity contribution in [1.82, 2.24) is 29.6 Å². The zero-order valence-electron chi connectivity index (χ0n) is 18.3. The third-order valence-electron chi connectivity index (χ3n) is 6.96. The Balaban J connectivity index is 1.03. The van der Waals surface area contributed by atoms with Gasteiger partial charge in [0.1, 0.15) is 18.9 Å². The monoisotopic (exact) mass is 446 g/mol. The maximum absolute atomic E-state index is 13.3. The summed E-state index contributed by atoms with van der Waals surface area (Å²) in [5, 5.41) is 7.68. The third-order valence-corrected chi connectivity index (χ3v) is 6.96. The number of fused-ring (bicyclic) bond motifs is 1. The maximum Gasteiger partial charge on any atom is 0.257 e. The highest BCUT2D eigenvalue weighted by Crippen LogP contribution is 2.51. The van der Waals surface area contributed by atoms with E-state index in [9.17, 15) is 4.79 Å². The first-order valence-electron chi connectivity index (χ1n) is 11.5. The van der Waals surface area contributed by atoms with E-state index in [4.69, 9.17) is 9.47 Å². The van der Waals surface area contributed by atoms with Crippen LogP contribution in [0.15, 0.2) is 55.5 Å². The number of aryl methyl sites for hydroxylation is 2. The summed E-state index contributed by atoms with van der Waals surface area (Å²) in [5.41, 5.74) is 2.50. The summed E-state index contributed by atoms with van der Waals surface area (Å²) in [6, 6.07) is 8.40. The number of hydrogen-bond acceptors (Lipinski definition) is 7. The number of carbonyl (C=O) groups is 1. The number of ether oxygens (including phenoxy) is 2. The lowest BCUT2D eigenvalue weighted by Gasteiger charge is -2.42. The highest BCUT2D eigenvalue weighted by atomic mass is 16.6. The summed E-state index contributed by atoms with van der Waals surface area (Å²) in [6.45, 7) is 1.37. The van der Waals surface area contributed by atoms with Gasteiger partial charge in [-0.15, -0.1) is 10.2 Å². The molecule has 170 valence electrons. The normalized spacial score (nSPS) is 28.3. The second kappa shape index (κ2) is 8.31. The minimum absolute atomic E-state index is 0.0321. The van der Waals surface area contributed by atoms with Crippen molar-refractivity contribution in [3.05, 3.63) is 72.3 Å². The van der Waals surface area contributed by atoms with Crippen LogP contribution in [0.2, 0.25) is 0 Å². The van der Waals surface area contributed by atoms with Crippen LogP contribution >= 0.6 is 0 Å². The fourth-order valence-electron chi connectivity index (χ4n) is 5.24. The summed E-state index contributed by atoms with van der Waals surface area (Å²) >= 11 is 0. The van der Waals surface area contributed by atoms with Gasteiger partial charge in [0.2, 0.25) is 0 Å². The van der Waals surface area contributed by atoms with Crippen LogP contribution in [0.5, 0.6) is 0 Å². The summed E-state index contributed by atoms with van der Waals surface area (Å²) in [6.07, 6.45) is 12.2. The molecule has 3 fully saturated rings. The summed E-state index contributed by atoms with van der Waals surface area (Å²) in [7, 11) is 0. The third kappa shape index (κ3) is 3.81. The molecule has 9 nitrogen and oxygen atoms in total. The molecular formula is C24H26N6O3. The first-order valence-corrected chi connectivity index (χ1v) is 11.5. The van der Waals surface area contributed by atoms with Crippen molar-refractivity contribution < 1.29 is 14.3 Å². The summed E-state index contributed by atoms with van der Waals surface area (Å²) in [5.74, 6) is 0.0801. The van der Waals surface area contributed by atoms with Crippen LogP contribution in [0.4, 0.5) is 0 Å². The molecule has 2 atom stereocenters. The van der Waals surface area contributed by atoms with E-state index in [1.807, 2.05) is 9.47 Å². The fourth-order valence-corrected chi connectivity index (χ4v) is 5.24. The van der Waals surface area contributed by atoms with Gasteiger partial charge in [-0.25, -0.2) is 0 Å². The average Bonchev–Trinajstić information content (AvgIpc) is 3.54. The van der Waals surface area contributed by atoms with E-state index in [0.717, 1.165) is 37.1 Å². The number of hydrogen-bond donors (Lipinski definition) is 0. The second-order valence-electron chi connectivity index (χ2n) is 9.11. The predicted octanol–water partition coefficient (Wildman–Crippen LogP) is 2.45. The largest absolute Gasteiger partial charge is 0.373 e. The molecule has 9 heteroatoms. The molecule has 1 amide bonds. The van der Waals surface area contributed by atoms with Crippen LogP contribution in [-0.2, 0) is 33.8 Å². The molecule has 1 aliphatic carbocycles. The van der Waals surface area contributed by atoms with Gasteiger partial charge in [-0.1, -0.05) is 24.3 Å². The molecule has 1 saturated carbocycles. The molecule has 0 bridgehead atoms. The first-order chi connectivity index (χ1) is 16.2. The maximum atomic E-state index is 13.3. The zero-order chi connectivity index (χ0) is 22.3. The molecule has 0 N–H and O–H groups in total. The van der Waals surface area contributed by atoms with Crippen LogP contribution < -0.4 is 0 Å². The topological polar surface area (TPSA) is 95.3 Å². The van der Waals surface area contributed by atoms with E-state index in [-0.39, 0.29) is 24.3 Å². The van der Waals surface area contributed by atoms with Crippen molar-refractivity contribution in [3.8, 4) is 0 Å². The second-order valence-corrected chi connectivity index (χ2v) is 9.11. The number of aromatic nitrogens is 5. The lowest BCUT2D eigenvalue weighted by Crippen LogP contribution is -2.54. The van der Waals surface area contributed by atoms with E-state index >= 15 is 0 Å². The Morgan fingerprint density at radius 2 is 1.97 bits per heavy atom. The van der Waals surface area contributed by atoms with Crippen LogP contribution in [0.25, 0.3) is 0 Å². The molecule has 0 radical (unpaired) electrons. The number of rotatable bonds is 7. The Kier molecular flexibility index (Phi) is 5.15. The van der Waals surface area contributed by atoms with Crippen molar-refractivity contribution in [2.75, 3.05) is 0 Å². The van der Waals surface area contributed by atoms with Gasteiger partial charge in [-0.2, -0.15) is 0 Å². The molecule has 33 heavy (non-hydrogen) atoms. The number of carbonyl (C=O) groups excluding carboxylic acids is 1. The van der Waals surface area contributed by atoms with Gasteiger partial charge < -0.3 is 18.9 Å². The quantitative estimate of drug-likeness (QED) is 0.550. The standard InChI is InChI=1S/C24H26N6O3/c31-23-24(33-22-5-4-21(30(22)23)20-13-25-7-8-26-20)11-19(12-24)32-14-18-3-1-2-17(10-18)6-9-29-15-27-28-16-29/h1-3,7-8,10,13,15-16,19,21-22H,4-6,9,11-12,14H2/t19?,21-,22?,24?/m0/s1. The molecule has 2 aliphatic heterocycles. The van der Waals surface area contributed by atoms with Gasteiger partial charge in [0, 0.05) is 31.8 Å².